The third-order valence-electron chi connectivity index (χ3n) is 5.86. The van der Waals surface area contributed by atoms with E-state index >= 15 is 0 Å². The number of amides is 2. The zero-order valence-electron chi connectivity index (χ0n) is 18.1. The predicted octanol–water partition coefficient (Wildman–Crippen LogP) is 4.12. The molecule has 0 bridgehead atoms. The summed E-state index contributed by atoms with van der Waals surface area (Å²) in [5, 5.41) is 0. The molecule has 2 amide bonds. The second-order valence-corrected chi connectivity index (χ2v) is 7.94. The number of hydrogen-bond acceptors (Lipinski definition) is 3. The van der Waals surface area contributed by atoms with Crippen LogP contribution in [0.5, 0.6) is 0 Å². The molecule has 0 saturated carbocycles. The topological polar surface area (TPSA) is 57.7 Å². The first kappa shape index (κ1) is 21.5. The van der Waals surface area contributed by atoms with E-state index in [-0.39, 0.29) is 24.9 Å². The van der Waals surface area contributed by atoms with Gasteiger partial charge in [0.2, 0.25) is 11.7 Å². The number of ketones is 1. The van der Waals surface area contributed by atoms with E-state index in [4.69, 9.17) is 0 Å². The zero-order chi connectivity index (χ0) is 22.5. The summed E-state index contributed by atoms with van der Waals surface area (Å²) in [4.78, 5) is 41.4. The first-order valence-electron chi connectivity index (χ1n) is 10.9. The fourth-order valence-electron chi connectivity index (χ4n) is 4.18. The maximum Gasteiger partial charge on any atom is 0.290 e. The van der Waals surface area contributed by atoms with Crippen LogP contribution in [0.15, 0.2) is 84.9 Å². The van der Waals surface area contributed by atoms with Crippen LogP contribution < -0.4 is 4.90 Å². The van der Waals surface area contributed by atoms with E-state index in [2.05, 4.69) is 0 Å². The lowest BCUT2D eigenvalue weighted by atomic mass is 9.98. The molecule has 162 valence electrons. The molecule has 1 fully saturated rings. The molecule has 4 rings (SSSR count). The van der Waals surface area contributed by atoms with Crippen molar-refractivity contribution in [1.29, 1.82) is 0 Å². The molecule has 3 aromatic carbocycles. The van der Waals surface area contributed by atoms with Crippen molar-refractivity contribution in [3.63, 3.8) is 0 Å². The number of para-hydroxylation sites is 1. The zero-order valence-corrected chi connectivity index (χ0v) is 18.1. The van der Waals surface area contributed by atoms with Crippen LogP contribution in [-0.2, 0) is 20.8 Å². The Bertz CT molecular complexity index is 1110. The first-order valence-corrected chi connectivity index (χ1v) is 10.9. The van der Waals surface area contributed by atoms with Gasteiger partial charge in [-0.3, -0.25) is 14.4 Å². The van der Waals surface area contributed by atoms with Crippen molar-refractivity contribution >= 4 is 23.3 Å². The molecule has 0 radical (unpaired) electrons. The first-order chi connectivity index (χ1) is 15.6. The lowest BCUT2D eigenvalue weighted by molar-refractivity contribution is -0.148. The average molecular weight is 427 g/mol. The van der Waals surface area contributed by atoms with E-state index < -0.39 is 11.7 Å². The van der Waals surface area contributed by atoms with Gasteiger partial charge in [-0.25, -0.2) is 0 Å². The Balaban J connectivity index is 1.69. The molecule has 1 atom stereocenters. The Morgan fingerprint density at radius 2 is 1.50 bits per heavy atom. The van der Waals surface area contributed by atoms with E-state index in [1.807, 2.05) is 84.9 Å². The SMILES string of the molecule is CCC(=O)C(=O)N1CC(=O)N(c2ccccc2-c2ccccc2)CC1Cc1ccccc1. The van der Waals surface area contributed by atoms with Gasteiger partial charge in [0.15, 0.2) is 0 Å². The maximum atomic E-state index is 13.2. The Labute approximate surface area is 188 Å². The molecule has 5 nitrogen and oxygen atoms in total. The largest absolute Gasteiger partial charge is 0.322 e. The molecule has 1 heterocycles. The highest BCUT2D eigenvalue weighted by atomic mass is 16.2. The van der Waals surface area contributed by atoms with Crippen molar-refractivity contribution in [2.24, 2.45) is 0 Å². The highest BCUT2D eigenvalue weighted by Crippen LogP contribution is 2.33. The minimum atomic E-state index is -0.572. The van der Waals surface area contributed by atoms with Crippen LogP contribution in [0.25, 0.3) is 11.1 Å². The minimum Gasteiger partial charge on any atom is -0.322 e. The second-order valence-electron chi connectivity index (χ2n) is 7.94. The van der Waals surface area contributed by atoms with Gasteiger partial charge >= 0.3 is 0 Å². The van der Waals surface area contributed by atoms with Crippen LogP contribution in [0.2, 0.25) is 0 Å². The number of piperazine rings is 1. The molecule has 1 unspecified atom stereocenters. The second kappa shape index (κ2) is 9.60. The molecule has 3 aromatic rings. The Morgan fingerprint density at radius 1 is 0.875 bits per heavy atom. The molecule has 0 aliphatic carbocycles. The molecular formula is C27H26N2O3. The van der Waals surface area contributed by atoms with Crippen LogP contribution >= 0.6 is 0 Å². The molecule has 0 N–H and O–H groups in total. The van der Waals surface area contributed by atoms with Crippen LogP contribution in [0.3, 0.4) is 0 Å². The number of benzene rings is 3. The molecule has 0 spiro atoms. The number of Topliss-reactive ketones (excluding diaryl/α,β-unsaturated/α-hetero) is 1. The van der Waals surface area contributed by atoms with Gasteiger partial charge in [-0.2, -0.15) is 0 Å². The molecule has 1 aliphatic heterocycles. The summed E-state index contributed by atoms with van der Waals surface area (Å²) in [6.45, 7) is 1.89. The Kier molecular flexibility index (Phi) is 6.45. The lowest BCUT2D eigenvalue weighted by Crippen LogP contribution is -2.60. The number of carbonyl (C=O) groups excluding carboxylic acids is 3. The maximum absolute atomic E-state index is 13.2. The van der Waals surface area contributed by atoms with Gasteiger partial charge in [-0.1, -0.05) is 85.8 Å². The summed E-state index contributed by atoms with van der Waals surface area (Å²) in [5.74, 6) is -1.22. The Hall–Kier alpha value is -3.73. The summed E-state index contributed by atoms with van der Waals surface area (Å²) >= 11 is 0. The van der Waals surface area contributed by atoms with Gasteiger partial charge in [0, 0.05) is 18.5 Å². The van der Waals surface area contributed by atoms with Gasteiger partial charge in [-0.05, 0) is 23.6 Å². The van der Waals surface area contributed by atoms with Gasteiger partial charge < -0.3 is 9.80 Å². The van der Waals surface area contributed by atoms with Gasteiger partial charge in [0.25, 0.3) is 5.91 Å². The van der Waals surface area contributed by atoms with E-state index in [1.54, 1.807) is 11.8 Å². The van der Waals surface area contributed by atoms with Gasteiger partial charge in [0.1, 0.15) is 6.54 Å². The smallest absolute Gasteiger partial charge is 0.290 e. The van der Waals surface area contributed by atoms with Crippen molar-refractivity contribution in [3.05, 3.63) is 90.5 Å². The van der Waals surface area contributed by atoms with E-state index in [0.717, 1.165) is 22.4 Å². The predicted molar refractivity (Wildman–Crippen MR) is 125 cm³/mol. The lowest BCUT2D eigenvalue weighted by Gasteiger charge is -2.41. The van der Waals surface area contributed by atoms with E-state index in [9.17, 15) is 14.4 Å². The van der Waals surface area contributed by atoms with Gasteiger partial charge in [-0.15, -0.1) is 0 Å². The van der Waals surface area contributed by atoms with E-state index in [0.29, 0.717) is 13.0 Å². The fourth-order valence-corrected chi connectivity index (χ4v) is 4.18. The summed E-state index contributed by atoms with van der Waals surface area (Å²) < 4.78 is 0. The molecular weight excluding hydrogens is 400 g/mol. The summed E-state index contributed by atoms with van der Waals surface area (Å²) in [7, 11) is 0. The third-order valence-corrected chi connectivity index (χ3v) is 5.86. The number of nitrogens with zero attached hydrogens (tertiary/aromatic N) is 2. The normalized spacial score (nSPS) is 16.2. The monoisotopic (exact) mass is 426 g/mol. The Morgan fingerprint density at radius 3 is 2.19 bits per heavy atom. The fraction of sp³-hybridized carbons (Fsp3) is 0.222. The quantitative estimate of drug-likeness (QED) is 0.557. The highest BCUT2D eigenvalue weighted by Gasteiger charge is 2.38. The van der Waals surface area contributed by atoms with Crippen molar-refractivity contribution < 1.29 is 14.4 Å². The average Bonchev–Trinajstić information content (AvgIpc) is 2.85. The third kappa shape index (κ3) is 4.47. The number of hydrogen-bond donors (Lipinski definition) is 0. The highest BCUT2D eigenvalue weighted by molar-refractivity contribution is 6.36. The van der Waals surface area contributed by atoms with Crippen LogP contribution in [0.1, 0.15) is 18.9 Å². The number of rotatable bonds is 6. The van der Waals surface area contributed by atoms with Crippen molar-refractivity contribution in [1.82, 2.24) is 4.90 Å². The molecule has 1 saturated heterocycles. The molecule has 0 aromatic heterocycles. The number of anilines is 1. The van der Waals surface area contributed by atoms with Crippen LogP contribution in [0.4, 0.5) is 5.69 Å². The standard InChI is InChI=1S/C27H26N2O3/c1-2-25(30)27(32)28-19-26(31)29(18-22(28)17-20-11-5-3-6-12-20)24-16-10-9-15-23(24)21-13-7-4-8-14-21/h3-16,22H,2,17-19H2,1H3. The molecule has 5 heteroatoms. The van der Waals surface area contributed by atoms with Crippen molar-refractivity contribution in [3.8, 4) is 11.1 Å². The van der Waals surface area contributed by atoms with Crippen LogP contribution in [-0.4, -0.2) is 41.6 Å². The summed E-state index contributed by atoms with van der Waals surface area (Å²) in [5.41, 5.74) is 3.86. The van der Waals surface area contributed by atoms with Crippen molar-refractivity contribution in [2.45, 2.75) is 25.8 Å². The number of carbonyl (C=O) groups is 3. The summed E-state index contributed by atoms with van der Waals surface area (Å²) in [6.07, 6.45) is 0.697. The molecule has 32 heavy (non-hydrogen) atoms. The van der Waals surface area contributed by atoms with Gasteiger partial charge in [0.05, 0.1) is 11.7 Å². The minimum absolute atomic E-state index is 0.106. The van der Waals surface area contributed by atoms with E-state index in [1.165, 1.54) is 4.90 Å². The van der Waals surface area contributed by atoms with Crippen LogP contribution in [0, 0.1) is 0 Å². The van der Waals surface area contributed by atoms with Crippen molar-refractivity contribution in [2.75, 3.05) is 18.0 Å². The summed E-state index contributed by atoms with van der Waals surface area (Å²) in [6, 6.07) is 27.3. The molecule has 1 aliphatic rings.